The molecule has 10 heteroatoms. The van der Waals surface area contributed by atoms with E-state index in [1.807, 2.05) is 37.4 Å². The Morgan fingerprint density at radius 1 is 1.25 bits per heavy atom. The highest BCUT2D eigenvalue weighted by molar-refractivity contribution is 7.91. The van der Waals surface area contributed by atoms with Crippen molar-refractivity contribution in [1.82, 2.24) is 20.1 Å². The molecule has 0 unspecified atom stereocenters. The molecule has 0 bridgehead atoms. The van der Waals surface area contributed by atoms with Crippen LogP contribution in [-0.4, -0.2) is 77.7 Å². The smallest absolute Gasteiger partial charge is 0.325 e. The van der Waals surface area contributed by atoms with Crippen LogP contribution in [0.5, 0.6) is 0 Å². The van der Waals surface area contributed by atoms with Gasteiger partial charge in [0.15, 0.2) is 9.84 Å². The van der Waals surface area contributed by atoms with Crippen LogP contribution in [0.2, 0.25) is 0 Å². The first-order chi connectivity index (χ1) is 15.3. The third kappa shape index (κ3) is 4.50. The Kier molecular flexibility index (Phi) is 6.23. The lowest BCUT2D eigenvalue weighted by atomic mass is 10.1. The second kappa shape index (κ2) is 8.93. The van der Waals surface area contributed by atoms with Gasteiger partial charge >= 0.3 is 6.03 Å². The summed E-state index contributed by atoms with van der Waals surface area (Å²) in [6, 6.07) is 5.97. The van der Waals surface area contributed by atoms with Crippen LogP contribution in [0.25, 0.3) is 10.9 Å². The van der Waals surface area contributed by atoms with Crippen molar-refractivity contribution >= 4 is 38.6 Å². The molecule has 2 aliphatic heterocycles. The molecule has 2 N–H and O–H groups in total. The summed E-state index contributed by atoms with van der Waals surface area (Å²) in [5.41, 5.74) is 1.86. The van der Waals surface area contributed by atoms with Gasteiger partial charge in [0.05, 0.1) is 11.5 Å². The third-order valence-electron chi connectivity index (χ3n) is 6.22. The Bertz CT molecular complexity index is 1140. The fourth-order valence-electron chi connectivity index (χ4n) is 4.47. The van der Waals surface area contributed by atoms with E-state index in [0.29, 0.717) is 19.4 Å². The molecular weight excluding hydrogens is 432 g/mol. The highest BCUT2D eigenvalue weighted by atomic mass is 32.2. The van der Waals surface area contributed by atoms with Crippen molar-refractivity contribution in [2.24, 2.45) is 0 Å². The molecule has 2 saturated heterocycles. The van der Waals surface area contributed by atoms with Gasteiger partial charge in [0, 0.05) is 36.1 Å². The molecule has 2 aromatic rings. The number of carbonyl (C=O) groups is 3. The number of hydrogen-bond acceptors (Lipinski definition) is 5. The number of urea groups is 1. The van der Waals surface area contributed by atoms with Gasteiger partial charge < -0.3 is 15.2 Å². The summed E-state index contributed by atoms with van der Waals surface area (Å²) < 4.78 is 23.8. The van der Waals surface area contributed by atoms with Gasteiger partial charge in [0.25, 0.3) is 5.91 Å². The molecule has 32 heavy (non-hydrogen) atoms. The molecule has 0 radical (unpaired) electrons. The SMILES string of the molecule is CCCCN(C(=O)CN1C(=O)N[C@@H](Cc2c[nH]c3ccccc23)C1=O)[C@H]1CCS(=O)(=O)C1. The normalized spacial score (nSPS) is 22.5. The Morgan fingerprint density at radius 3 is 2.75 bits per heavy atom. The van der Waals surface area contributed by atoms with Gasteiger partial charge in [-0.25, -0.2) is 13.2 Å². The summed E-state index contributed by atoms with van der Waals surface area (Å²) in [7, 11) is -3.16. The maximum absolute atomic E-state index is 13.0. The second-order valence-corrected chi connectivity index (χ2v) is 10.7. The van der Waals surface area contributed by atoms with Gasteiger partial charge in [0.2, 0.25) is 5.91 Å². The van der Waals surface area contributed by atoms with Gasteiger partial charge in [0.1, 0.15) is 12.6 Å². The fourth-order valence-corrected chi connectivity index (χ4v) is 6.20. The van der Waals surface area contributed by atoms with Crippen molar-refractivity contribution in [3.63, 3.8) is 0 Å². The zero-order chi connectivity index (χ0) is 22.9. The number of nitrogens with one attached hydrogen (secondary N) is 2. The minimum Gasteiger partial charge on any atom is -0.361 e. The van der Waals surface area contributed by atoms with Crippen LogP contribution < -0.4 is 5.32 Å². The number of carbonyl (C=O) groups excluding carboxylic acids is 3. The van der Waals surface area contributed by atoms with Gasteiger partial charge in [-0.1, -0.05) is 31.5 Å². The van der Waals surface area contributed by atoms with Crippen molar-refractivity contribution in [3.05, 3.63) is 36.0 Å². The number of aromatic amines is 1. The first-order valence-electron chi connectivity index (χ1n) is 11.0. The number of unbranched alkanes of at least 4 members (excludes halogenated alkanes) is 1. The lowest BCUT2D eigenvalue weighted by molar-refractivity contribution is -0.138. The first kappa shape index (κ1) is 22.3. The average Bonchev–Trinajstić information content (AvgIpc) is 3.41. The van der Waals surface area contributed by atoms with Crippen molar-refractivity contribution in [2.75, 3.05) is 24.6 Å². The van der Waals surface area contributed by atoms with Crippen LogP contribution in [0.15, 0.2) is 30.5 Å². The number of para-hydroxylation sites is 1. The molecule has 3 heterocycles. The number of hydrogen-bond donors (Lipinski definition) is 2. The Hall–Kier alpha value is -2.88. The van der Waals surface area contributed by atoms with Crippen LogP contribution in [-0.2, 0) is 25.8 Å². The highest BCUT2D eigenvalue weighted by Gasteiger charge is 2.41. The maximum Gasteiger partial charge on any atom is 0.325 e. The zero-order valence-corrected chi connectivity index (χ0v) is 18.9. The van der Waals surface area contributed by atoms with E-state index in [0.717, 1.165) is 34.2 Å². The number of nitrogens with zero attached hydrogens (tertiary/aromatic N) is 2. The third-order valence-corrected chi connectivity index (χ3v) is 7.97. The summed E-state index contributed by atoms with van der Waals surface area (Å²) in [6.07, 6.45) is 4.11. The number of sulfone groups is 1. The van der Waals surface area contributed by atoms with E-state index >= 15 is 0 Å². The number of H-pyrrole nitrogens is 1. The summed E-state index contributed by atoms with van der Waals surface area (Å²) in [4.78, 5) is 44.1. The van der Waals surface area contributed by atoms with Crippen molar-refractivity contribution < 1.29 is 22.8 Å². The van der Waals surface area contributed by atoms with Gasteiger partial charge in [-0.3, -0.25) is 14.5 Å². The number of imide groups is 1. The molecule has 4 rings (SSSR count). The monoisotopic (exact) mass is 460 g/mol. The Balaban J connectivity index is 1.45. The molecule has 0 saturated carbocycles. The quantitative estimate of drug-likeness (QED) is 0.578. The van der Waals surface area contributed by atoms with Gasteiger partial charge in [-0.15, -0.1) is 0 Å². The van der Waals surface area contributed by atoms with Crippen LogP contribution in [0, 0.1) is 0 Å². The largest absolute Gasteiger partial charge is 0.361 e. The Morgan fingerprint density at radius 2 is 2.03 bits per heavy atom. The fraction of sp³-hybridized carbons (Fsp3) is 0.500. The number of amides is 4. The van der Waals surface area contributed by atoms with Crippen LogP contribution in [0.1, 0.15) is 31.7 Å². The minimum absolute atomic E-state index is 0.0589. The Labute approximate surface area is 187 Å². The lowest BCUT2D eigenvalue weighted by Gasteiger charge is -2.29. The summed E-state index contributed by atoms with van der Waals surface area (Å²) in [5, 5.41) is 3.67. The molecule has 4 amide bonds. The molecule has 1 aromatic heterocycles. The lowest BCUT2D eigenvalue weighted by Crippen LogP contribution is -2.48. The number of fused-ring (bicyclic) bond motifs is 1. The summed E-state index contributed by atoms with van der Waals surface area (Å²) >= 11 is 0. The topological polar surface area (TPSA) is 120 Å². The van der Waals surface area contributed by atoms with E-state index in [-0.39, 0.29) is 18.1 Å². The van der Waals surface area contributed by atoms with Crippen LogP contribution >= 0.6 is 0 Å². The van der Waals surface area contributed by atoms with Crippen molar-refractivity contribution in [2.45, 2.75) is 44.7 Å². The number of rotatable bonds is 8. The molecule has 0 spiro atoms. The van der Waals surface area contributed by atoms with E-state index in [1.165, 1.54) is 0 Å². The van der Waals surface area contributed by atoms with Gasteiger partial charge in [-0.2, -0.15) is 0 Å². The van der Waals surface area contributed by atoms with Crippen molar-refractivity contribution in [3.8, 4) is 0 Å². The summed E-state index contributed by atoms with van der Waals surface area (Å²) in [5.74, 6) is -0.838. The molecule has 1 aromatic carbocycles. The zero-order valence-electron chi connectivity index (χ0n) is 18.0. The molecule has 2 atom stereocenters. The van der Waals surface area contributed by atoms with E-state index in [2.05, 4.69) is 10.3 Å². The molecule has 9 nitrogen and oxygen atoms in total. The minimum atomic E-state index is -3.16. The predicted molar refractivity (Wildman–Crippen MR) is 120 cm³/mol. The molecule has 172 valence electrons. The second-order valence-electron chi connectivity index (χ2n) is 8.49. The van der Waals surface area contributed by atoms with E-state index in [9.17, 15) is 22.8 Å². The molecule has 2 aliphatic rings. The average molecular weight is 461 g/mol. The van der Waals surface area contributed by atoms with E-state index in [1.54, 1.807) is 4.90 Å². The van der Waals surface area contributed by atoms with Crippen LogP contribution in [0.3, 0.4) is 0 Å². The van der Waals surface area contributed by atoms with Gasteiger partial charge in [-0.05, 0) is 24.5 Å². The first-order valence-corrected chi connectivity index (χ1v) is 12.8. The highest BCUT2D eigenvalue weighted by Crippen LogP contribution is 2.22. The van der Waals surface area contributed by atoms with E-state index in [4.69, 9.17) is 0 Å². The number of benzene rings is 1. The van der Waals surface area contributed by atoms with Crippen molar-refractivity contribution in [1.29, 1.82) is 0 Å². The predicted octanol–water partition coefficient (Wildman–Crippen LogP) is 1.45. The standard InChI is InChI=1S/C22H28N4O5S/c1-2-3-9-25(16-8-10-32(30,31)14-16)20(27)13-26-21(28)19(24-22(26)29)11-15-12-23-18-7-5-4-6-17(15)18/h4-7,12,16,19,23H,2-3,8-11,13-14H2,1H3,(H,24,29)/t16-,19-/m0/s1. The maximum atomic E-state index is 13.0. The van der Waals surface area contributed by atoms with Crippen LogP contribution in [0.4, 0.5) is 4.79 Å². The summed E-state index contributed by atoms with van der Waals surface area (Å²) in [6.45, 7) is 2.02. The van der Waals surface area contributed by atoms with E-state index < -0.39 is 39.8 Å². The molecular formula is C22H28N4O5S. The molecule has 0 aliphatic carbocycles. The molecule has 2 fully saturated rings. The number of aromatic nitrogens is 1.